The first-order valence-electron chi connectivity index (χ1n) is 10.6. The molecule has 2 aromatic heterocycles. The number of rotatable bonds is 5. The summed E-state index contributed by atoms with van der Waals surface area (Å²) in [6.07, 6.45) is 4.98. The van der Waals surface area contributed by atoms with Crippen molar-refractivity contribution >= 4 is 33.9 Å². The number of likely N-dealkylation sites (tertiary alicyclic amines) is 1. The molecule has 0 saturated carbocycles. The molecule has 0 aliphatic carbocycles. The molecule has 3 heterocycles. The summed E-state index contributed by atoms with van der Waals surface area (Å²) in [6.45, 7) is 3.67. The molecule has 31 heavy (non-hydrogen) atoms. The summed E-state index contributed by atoms with van der Waals surface area (Å²) >= 11 is 1.38. The van der Waals surface area contributed by atoms with Crippen LogP contribution in [-0.2, 0) is 6.54 Å². The summed E-state index contributed by atoms with van der Waals surface area (Å²) in [5, 5.41) is 9.25. The number of benzene rings is 2. The van der Waals surface area contributed by atoms with Gasteiger partial charge in [-0.2, -0.15) is 0 Å². The standard InChI is InChI=1S/C24H24N4O2S/c1-16-7-5-6-12-28(16)24(29)21-15-26-23(31-21)22-19-11-10-18(13-20(19)30-27-22)25-14-17-8-3-2-4-9-17/h2-4,8-11,13,15-16,25H,5-7,12,14H2,1H3. The van der Waals surface area contributed by atoms with Gasteiger partial charge in [0.1, 0.15) is 15.6 Å². The van der Waals surface area contributed by atoms with E-state index in [9.17, 15) is 4.79 Å². The Balaban J connectivity index is 1.34. The second kappa shape index (κ2) is 8.51. The molecule has 1 atom stereocenters. The lowest BCUT2D eigenvalue weighted by Crippen LogP contribution is -2.41. The number of aromatic nitrogens is 2. The zero-order valence-corrected chi connectivity index (χ0v) is 18.2. The Labute approximate surface area is 184 Å². The predicted octanol–water partition coefficient (Wildman–Crippen LogP) is 5.58. The number of hydrogen-bond donors (Lipinski definition) is 1. The maximum absolute atomic E-state index is 12.9. The Bertz CT molecular complexity index is 1200. The summed E-state index contributed by atoms with van der Waals surface area (Å²) in [4.78, 5) is 20.0. The van der Waals surface area contributed by atoms with Crippen LogP contribution in [-0.4, -0.2) is 33.5 Å². The molecule has 0 spiro atoms. The molecule has 6 nitrogen and oxygen atoms in total. The van der Waals surface area contributed by atoms with E-state index in [1.807, 2.05) is 41.3 Å². The maximum atomic E-state index is 12.9. The van der Waals surface area contributed by atoms with Crippen LogP contribution in [0.1, 0.15) is 41.4 Å². The van der Waals surface area contributed by atoms with E-state index in [1.165, 1.54) is 23.3 Å². The van der Waals surface area contributed by atoms with Crippen molar-refractivity contribution in [2.75, 3.05) is 11.9 Å². The van der Waals surface area contributed by atoms with Crippen LogP contribution in [0.15, 0.2) is 59.3 Å². The summed E-state index contributed by atoms with van der Waals surface area (Å²) in [6, 6.07) is 16.5. The van der Waals surface area contributed by atoms with Gasteiger partial charge in [0.05, 0.1) is 11.6 Å². The fourth-order valence-electron chi connectivity index (χ4n) is 4.03. The van der Waals surface area contributed by atoms with Crippen LogP contribution in [0.5, 0.6) is 0 Å². The lowest BCUT2D eigenvalue weighted by molar-refractivity contribution is 0.0640. The van der Waals surface area contributed by atoms with Gasteiger partial charge in [0.2, 0.25) is 0 Å². The topological polar surface area (TPSA) is 71.3 Å². The molecule has 1 amide bonds. The molecular formula is C24H24N4O2S. The minimum atomic E-state index is 0.0659. The third-order valence-electron chi connectivity index (χ3n) is 5.79. The number of piperidine rings is 1. The Morgan fingerprint density at radius 2 is 2.10 bits per heavy atom. The van der Waals surface area contributed by atoms with Crippen molar-refractivity contribution in [3.63, 3.8) is 0 Å². The Kier molecular flexibility index (Phi) is 5.42. The number of carbonyl (C=O) groups excluding carboxylic acids is 1. The van der Waals surface area contributed by atoms with Crippen molar-refractivity contribution in [2.45, 2.75) is 38.8 Å². The number of carbonyl (C=O) groups is 1. The Morgan fingerprint density at radius 1 is 1.23 bits per heavy atom. The first kappa shape index (κ1) is 19.8. The highest BCUT2D eigenvalue weighted by Gasteiger charge is 2.26. The highest BCUT2D eigenvalue weighted by molar-refractivity contribution is 7.17. The lowest BCUT2D eigenvalue weighted by Gasteiger charge is -2.32. The number of thiazole rings is 1. The third-order valence-corrected chi connectivity index (χ3v) is 6.79. The minimum Gasteiger partial charge on any atom is -0.381 e. The number of nitrogens with one attached hydrogen (secondary N) is 1. The van der Waals surface area contributed by atoms with E-state index in [2.05, 4.69) is 34.5 Å². The largest absolute Gasteiger partial charge is 0.381 e. The molecule has 7 heteroatoms. The molecule has 1 aliphatic heterocycles. The number of anilines is 1. The molecule has 5 rings (SSSR count). The molecule has 2 aromatic carbocycles. The van der Waals surface area contributed by atoms with Crippen LogP contribution in [0.25, 0.3) is 21.7 Å². The van der Waals surface area contributed by atoms with Crippen LogP contribution in [0.2, 0.25) is 0 Å². The highest BCUT2D eigenvalue weighted by atomic mass is 32.1. The van der Waals surface area contributed by atoms with Gasteiger partial charge in [-0.05, 0) is 43.9 Å². The van der Waals surface area contributed by atoms with Gasteiger partial charge >= 0.3 is 0 Å². The minimum absolute atomic E-state index is 0.0659. The Morgan fingerprint density at radius 3 is 2.94 bits per heavy atom. The van der Waals surface area contributed by atoms with Gasteiger partial charge in [-0.1, -0.05) is 35.5 Å². The van der Waals surface area contributed by atoms with Crippen molar-refractivity contribution in [1.29, 1.82) is 0 Å². The summed E-state index contributed by atoms with van der Waals surface area (Å²) in [7, 11) is 0. The highest BCUT2D eigenvalue weighted by Crippen LogP contribution is 2.33. The van der Waals surface area contributed by atoms with Crippen LogP contribution in [0.3, 0.4) is 0 Å². The number of nitrogens with zero attached hydrogens (tertiary/aromatic N) is 3. The first-order valence-corrected chi connectivity index (χ1v) is 11.4. The first-order chi connectivity index (χ1) is 15.2. The van der Waals surface area contributed by atoms with Crippen LogP contribution in [0.4, 0.5) is 5.69 Å². The SMILES string of the molecule is CC1CCCCN1C(=O)c1cnc(-c2noc3cc(NCc4ccccc4)ccc23)s1. The molecule has 1 fully saturated rings. The number of amides is 1. The number of fused-ring (bicyclic) bond motifs is 1. The molecule has 1 unspecified atom stereocenters. The van der Waals surface area contributed by atoms with Crippen molar-refractivity contribution < 1.29 is 9.32 Å². The smallest absolute Gasteiger partial charge is 0.265 e. The summed E-state index contributed by atoms with van der Waals surface area (Å²) < 4.78 is 5.58. The van der Waals surface area contributed by atoms with Gasteiger partial charge in [0.15, 0.2) is 5.58 Å². The number of hydrogen-bond acceptors (Lipinski definition) is 6. The lowest BCUT2D eigenvalue weighted by atomic mass is 10.0. The average molecular weight is 433 g/mol. The van der Waals surface area contributed by atoms with Crippen molar-refractivity contribution in [3.8, 4) is 10.7 Å². The normalized spacial score (nSPS) is 16.5. The van der Waals surface area contributed by atoms with Gasteiger partial charge in [-0.3, -0.25) is 4.79 Å². The van der Waals surface area contributed by atoms with E-state index in [0.29, 0.717) is 21.2 Å². The van der Waals surface area contributed by atoms with Gasteiger partial charge < -0.3 is 14.7 Å². The predicted molar refractivity (Wildman–Crippen MR) is 123 cm³/mol. The van der Waals surface area contributed by atoms with Gasteiger partial charge in [0, 0.05) is 30.9 Å². The van der Waals surface area contributed by atoms with E-state index in [4.69, 9.17) is 4.52 Å². The fraction of sp³-hybridized carbons (Fsp3) is 0.292. The van der Waals surface area contributed by atoms with Gasteiger partial charge in [-0.15, -0.1) is 11.3 Å². The van der Waals surface area contributed by atoms with Crippen molar-refractivity contribution in [1.82, 2.24) is 15.0 Å². The van der Waals surface area contributed by atoms with E-state index >= 15 is 0 Å². The van der Waals surface area contributed by atoms with Crippen LogP contribution < -0.4 is 5.32 Å². The average Bonchev–Trinajstić information content (AvgIpc) is 3.45. The molecule has 4 aromatic rings. The quantitative estimate of drug-likeness (QED) is 0.446. The summed E-state index contributed by atoms with van der Waals surface area (Å²) in [5.74, 6) is 0.0659. The molecule has 0 radical (unpaired) electrons. The molecule has 1 saturated heterocycles. The second-order valence-electron chi connectivity index (χ2n) is 7.95. The van der Waals surface area contributed by atoms with E-state index in [-0.39, 0.29) is 11.9 Å². The zero-order chi connectivity index (χ0) is 21.2. The van der Waals surface area contributed by atoms with Crippen LogP contribution in [0, 0.1) is 0 Å². The summed E-state index contributed by atoms with van der Waals surface area (Å²) in [5.41, 5.74) is 3.55. The second-order valence-corrected chi connectivity index (χ2v) is 8.98. The van der Waals surface area contributed by atoms with E-state index in [0.717, 1.165) is 37.0 Å². The van der Waals surface area contributed by atoms with E-state index in [1.54, 1.807) is 6.20 Å². The van der Waals surface area contributed by atoms with Crippen molar-refractivity contribution in [2.24, 2.45) is 0 Å². The molecule has 158 valence electrons. The van der Waals surface area contributed by atoms with Crippen LogP contribution >= 0.6 is 11.3 Å². The van der Waals surface area contributed by atoms with E-state index < -0.39 is 0 Å². The molecule has 1 N–H and O–H groups in total. The van der Waals surface area contributed by atoms with Gasteiger partial charge in [0.25, 0.3) is 5.91 Å². The Hall–Kier alpha value is -3.19. The zero-order valence-electron chi connectivity index (χ0n) is 17.4. The molecule has 1 aliphatic rings. The molecule has 0 bridgehead atoms. The fourth-order valence-corrected chi connectivity index (χ4v) is 4.89. The monoisotopic (exact) mass is 432 g/mol. The molecular weight excluding hydrogens is 408 g/mol. The van der Waals surface area contributed by atoms with Gasteiger partial charge in [-0.25, -0.2) is 4.98 Å². The third kappa shape index (κ3) is 4.05. The van der Waals surface area contributed by atoms with Crippen molar-refractivity contribution in [3.05, 3.63) is 65.2 Å². The maximum Gasteiger partial charge on any atom is 0.265 e.